The van der Waals surface area contributed by atoms with Crippen molar-refractivity contribution in [1.29, 1.82) is 0 Å². The van der Waals surface area contributed by atoms with Gasteiger partial charge in [-0.05, 0) is 12.1 Å². The van der Waals surface area contributed by atoms with Crippen LogP contribution in [0.15, 0.2) is 12.1 Å². The van der Waals surface area contributed by atoms with Gasteiger partial charge in [0.15, 0.2) is 17.2 Å². The molecule has 15 heavy (non-hydrogen) atoms. The maximum atomic E-state index is 11.3. The van der Waals surface area contributed by atoms with E-state index in [0.29, 0.717) is 0 Å². The molecule has 0 radical (unpaired) electrons. The van der Waals surface area contributed by atoms with Crippen molar-refractivity contribution in [3.8, 4) is 17.2 Å². The van der Waals surface area contributed by atoms with E-state index in [4.69, 9.17) is 20.4 Å². The lowest BCUT2D eigenvalue weighted by molar-refractivity contribution is 0.0944. The van der Waals surface area contributed by atoms with Gasteiger partial charge in [0.2, 0.25) is 0 Å². The van der Waals surface area contributed by atoms with Crippen molar-refractivity contribution in [1.82, 2.24) is 5.32 Å². The summed E-state index contributed by atoms with van der Waals surface area (Å²) in [6.07, 6.45) is 0. The van der Waals surface area contributed by atoms with Crippen molar-refractivity contribution < 1.29 is 25.2 Å². The van der Waals surface area contributed by atoms with E-state index >= 15 is 0 Å². The average molecular weight is 213 g/mol. The topological polar surface area (TPSA) is 110 Å². The van der Waals surface area contributed by atoms with Gasteiger partial charge in [0.1, 0.15) is 0 Å². The van der Waals surface area contributed by atoms with Gasteiger partial charge in [-0.25, -0.2) is 0 Å². The van der Waals surface area contributed by atoms with Crippen molar-refractivity contribution >= 4 is 5.91 Å². The van der Waals surface area contributed by atoms with E-state index in [1.54, 1.807) is 0 Å². The number of nitrogens with one attached hydrogen (secondary N) is 1. The van der Waals surface area contributed by atoms with Crippen LogP contribution in [0.1, 0.15) is 10.4 Å². The van der Waals surface area contributed by atoms with Crippen molar-refractivity contribution in [3.63, 3.8) is 0 Å². The van der Waals surface area contributed by atoms with Gasteiger partial charge in [0, 0.05) is 12.1 Å². The van der Waals surface area contributed by atoms with Crippen molar-refractivity contribution in [2.75, 3.05) is 13.2 Å². The SMILES string of the molecule is O=C(NCCO)c1cc(O)c(O)c(O)c1. The first-order valence-electron chi connectivity index (χ1n) is 4.20. The van der Waals surface area contributed by atoms with Crippen LogP contribution in [0, 0.1) is 0 Å². The number of aromatic hydroxyl groups is 3. The Kier molecular flexibility index (Phi) is 3.35. The summed E-state index contributed by atoms with van der Waals surface area (Å²) in [4.78, 5) is 11.3. The van der Waals surface area contributed by atoms with Crippen molar-refractivity contribution in [2.24, 2.45) is 0 Å². The maximum Gasteiger partial charge on any atom is 0.251 e. The fourth-order valence-electron chi connectivity index (χ4n) is 1.01. The molecule has 82 valence electrons. The Hall–Kier alpha value is -1.95. The molecule has 1 aromatic carbocycles. The molecule has 0 atom stereocenters. The van der Waals surface area contributed by atoms with E-state index in [1.165, 1.54) is 0 Å². The smallest absolute Gasteiger partial charge is 0.251 e. The molecule has 6 nitrogen and oxygen atoms in total. The van der Waals surface area contributed by atoms with Crippen LogP contribution >= 0.6 is 0 Å². The highest BCUT2D eigenvalue weighted by Gasteiger charge is 2.12. The van der Waals surface area contributed by atoms with Crippen LogP contribution in [0.25, 0.3) is 0 Å². The van der Waals surface area contributed by atoms with Gasteiger partial charge in [-0.2, -0.15) is 0 Å². The minimum absolute atomic E-state index is 0.00347. The second-order valence-electron chi connectivity index (χ2n) is 2.84. The molecule has 5 N–H and O–H groups in total. The lowest BCUT2D eigenvalue weighted by atomic mass is 10.1. The zero-order valence-corrected chi connectivity index (χ0v) is 7.77. The molecule has 0 saturated carbocycles. The highest BCUT2D eigenvalue weighted by molar-refractivity contribution is 5.95. The van der Waals surface area contributed by atoms with Crippen LogP contribution < -0.4 is 5.32 Å². The molecule has 0 bridgehead atoms. The van der Waals surface area contributed by atoms with E-state index in [1.807, 2.05) is 0 Å². The predicted molar refractivity (Wildman–Crippen MR) is 50.9 cm³/mol. The number of hydrogen-bond acceptors (Lipinski definition) is 5. The predicted octanol–water partition coefficient (Wildman–Crippen LogP) is -0.474. The molecule has 0 aromatic heterocycles. The molecular weight excluding hydrogens is 202 g/mol. The lowest BCUT2D eigenvalue weighted by Gasteiger charge is -2.06. The Balaban J connectivity index is 2.91. The number of rotatable bonds is 3. The monoisotopic (exact) mass is 213 g/mol. The Morgan fingerprint density at radius 3 is 2.20 bits per heavy atom. The summed E-state index contributed by atoms with van der Waals surface area (Å²) in [6.45, 7) is -0.136. The molecule has 1 amide bonds. The third-order valence-electron chi connectivity index (χ3n) is 1.73. The first-order chi connectivity index (χ1) is 7.06. The third-order valence-corrected chi connectivity index (χ3v) is 1.73. The minimum atomic E-state index is -0.672. The standard InChI is InChI=1S/C9H11NO5/c11-2-1-10-9(15)5-3-6(12)8(14)7(13)4-5/h3-4,11-14H,1-2H2,(H,10,15). The number of aliphatic hydroxyl groups excluding tert-OH is 1. The van der Waals surface area contributed by atoms with Gasteiger partial charge in [-0.1, -0.05) is 0 Å². The van der Waals surface area contributed by atoms with Crippen molar-refractivity contribution in [2.45, 2.75) is 0 Å². The second-order valence-corrected chi connectivity index (χ2v) is 2.84. The molecule has 0 aliphatic rings. The molecular formula is C9H11NO5. The summed E-state index contributed by atoms with van der Waals surface area (Å²) in [5.74, 6) is -2.39. The van der Waals surface area contributed by atoms with E-state index in [9.17, 15) is 4.79 Å². The summed E-state index contributed by atoms with van der Waals surface area (Å²) < 4.78 is 0. The molecule has 0 saturated heterocycles. The summed E-state index contributed by atoms with van der Waals surface area (Å²) in [5, 5.41) is 38.0. The number of carbonyl (C=O) groups is 1. The number of amides is 1. The minimum Gasteiger partial charge on any atom is -0.504 e. The van der Waals surface area contributed by atoms with Gasteiger partial charge in [0.25, 0.3) is 5.91 Å². The van der Waals surface area contributed by atoms with E-state index in [2.05, 4.69) is 5.32 Å². The summed E-state index contributed by atoms with van der Waals surface area (Å²) in [6, 6.07) is 2.03. The van der Waals surface area contributed by atoms with Crippen molar-refractivity contribution in [3.05, 3.63) is 17.7 Å². The van der Waals surface area contributed by atoms with Crippen LogP contribution in [-0.4, -0.2) is 39.5 Å². The molecule has 0 fully saturated rings. The second kappa shape index (κ2) is 4.52. The fourth-order valence-corrected chi connectivity index (χ4v) is 1.01. The number of carbonyl (C=O) groups excluding carboxylic acids is 1. The van der Waals surface area contributed by atoms with Crippen LogP contribution in [0.5, 0.6) is 17.2 Å². The highest BCUT2D eigenvalue weighted by atomic mass is 16.3. The van der Waals surface area contributed by atoms with Gasteiger partial charge in [-0.3, -0.25) is 4.79 Å². The Morgan fingerprint density at radius 1 is 1.20 bits per heavy atom. The molecule has 0 heterocycles. The lowest BCUT2D eigenvalue weighted by Crippen LogP contribution is -2.26. The number of phenols is 3. The summed E-state index contributed by atoms with van der Waals surface area (Å²) in [5.41, 5.74) is -0.00347. The van der Waals surface area contributed by atoms with Gasteiger partial charge < -0.3 is 25.7 Å². The summed E-state index contributed by atoms with van der Waals surface area (Å²) >= 11 is 0. The largest absolute Gasteiger partial charge is 0.504 e. The Bertz CT molecular complexity index is 354. The maximum absolute atomic E-state index is 11.3. The zero-order valence-electron chi connectivity index (χ0n) is 7.77. The molecule has 0 aliphatic carbocycles. The molecule has 1 aromatic rings. The van der Waals surface area contributed by atoms with E-state index in [0.717, 1.165) is 12.1 Å². The number of benzene rings is 1. The van der Waals surface area contributed by atoms with Crippen LogP contribution in [0.4, 0.5) is 0 Å². The number of aliphatic hydroxyl groups is 1. The number of hydrogen-bond donors (Lipinski definition) is 5. The quantitative estimate of drug-likeness (QED) is 0.436. The molecule has 1 rings (SSSR count). The van der Waals surface area contributed by atoms with E-state index in [-0.39, 0.29) is 18.7 Å². The molecule has 6 heteroatoms. The third kappa shape index (κ3) is 2.50. The Morgan fingerprint density at radius 2 is 1.73 bits per heavy atom. The fraction of sp³-hybridized carbons (Fsp3) is 0.222. The Labute approximate surface area is 85.4 Å². The first kappa shape index (κ1) is 11.1. The molecule has 0 spiro atoms. The number of phenolic OH excluding ortho intramolecular Hbond substituents is 3. The van der Waals surface area contributed by atoms with E-state index < -0.39 is 23.2 Å². The summed E-state index contributed by atoms with van der Waals surface area (Å²) in [7, 11) is 0. The van der Waals surface area contributed by atoms with Crippen LogP contribution in [-0.2, 0) is 0 Å². The van der Waals surface area contributed by atoms with Gasteiger partial charge in [-0.15, -0.1) is 0 Å². The van der Waals surface area contributed by atoms with Gasteiger partial charge in [0.05, 0.1) is 6.61 Å². The first-order valence-corrected chi connectivity index (χ1v) is 4.20. The van der Waals surface area contributed by atoms with Gasteiger partial charge >= 0.3 is 0 Å². The molecule has 0 aliphatic heterocycles. The van der Waals surface area contributed by atoms with Crippen LogP contribution in [0.2, 0.25) is 0 Å². The zero-order chi connectivity index (χ0) is 11.4. The average Bonchev–Trinajstić information content (AvgIpc) is 2.21. The highest BCUT2D eigenvalue weighted by Crippen LogP contribution is 2.35. The molecule has 0 unspecified atom stereocenters. The van der Waals surface area contributed by atoms with Crippen LogP contribution in [0.3, 0.4) is 0 Å². The normalized spacial score (nSPS) is 9.93.